The second kappa shape index (κ2) is 9.47. The molecule has 0 amide bonds. The van der Waals surface area contributed by atoms with E-state index in [0.29, 0.717) is 16.3 Å². The summed E-state index contributed by atoms with van der Waals surface area (Å²) in [5, 5.41) is 9.44. The van der Waals surface area contributed by atoms with E-state index in [4.69, 9.17) is 18.9 Å². The van der Waals surface area contributed by atoms with Gasteiger partial charge < -0.3 is 29.0 Å². The minimum Gasteiger partial charge on any atom is -0.496 e. The van der Waals surface area contributed by atoms with E-state index in [0.717, 1.165) is 0 Å². The summed E-state index contributed by atoms with van der Waals surface area (Å²) in [5.41, 5.74) is 0.421. The summed E-state index contributed by atoms with van der Waals surface area (Å²) in [6.07, 6.45) is 0. The molecule has 152 valence electrons. The number of rotatable bonds is 7. The second-order valence-electron chi connectivity index (χ2n) is 5.47. The number of carbonyl (C=O) groups excluding carboxylic acids is 2. The Hall–Kier alpha value is -2.72. The Labute approximate surface area is 166 Å². The first-order valence-corrected chi connectivity index (χ1v) is 9.21. The van der Waals surface area contributed by atoms with Crippen LogP contribution in [0.15, 0.2) is 28.3 Å². The zero-order chi connectivity index (χ0) is 20.8. The molecule has 28 heavy (non-hydrogen) atoms. The van der Waals surface area contributed by atoms with Gasteiger partial charge in [0.05, 0.1) is 39.2 Å². The third kappa shape index (κ3) is 4.23. The van der Waals surface area contributed by atoms with Crippen molar-refractivity contribution in [3.8, 4) is 5.75 Å². The van der Waals surface area contributed by atoms with Gasteiger partial charge in [0.25, 0.3) is 0 Å². The molecule has 0 fully saturated rings. The van der Waals surface area contributed by atoms with Crippen molar-refractivity contribution in [2.75, 3.05) is 45.3 Å². The van der Waals surface area contributed by atoms with Crippen molar-refractivity contribution in [2.24, 2.45) is 0 Å². The average Bonchev–Trinajstić information content (AvgIpc) is 2.71. The molecule has 0 radical (unpaired) electrons. The molecule has 2 rings (SSSR count). The van der Waals surface area contributed by atoms with E-state index in [1.54, 1.807) is 0 Å². The fourth-order valence-electron chi connectivity index (χ4n) is 2.70. The molecule has 0 saturated carbocycles. The maximum atomic E-state index is 12.5. The lowest BCUT2D eigenvalue weighted by Gasteiger charge is -2.32. The van der Waals surface area contributed by atoms with Crippen molar-refractivity contribution in [1.29, 1.82) is 0 Å². The van der Waals surface area contributed by atoms with Gasteiger partial charge in [0.1, 0.15) is 23.7 Å². The summed E-state index contributed by atoms with van der Waals surface area (Å²) in [5.74, 6) is -1.84. The number of hydrogen-bond acceptors (Lipinski definition) is 9. The summed E-state index contributed by atoms with van der Waals surface area (Å²) in [6, 6.07) is 2.96. The van der Waals surface area contributed by atoms with Crippen molar-refractivity contribution >= 4 is 35.4 Å². The quantitative estimate of drug-likeness (QED) is 0.527. The van der Waals surface area contributed by atoms with Crippen molar-refractivity contribution in [3.05, 3.63) is 29.0 Å². The first-order valence-electron chi connectivity index (χ1n) is 8.22. The lowest BCUT2D eigenvalue weighted by Crippen LogP contribution is -2.39. The summed E-state index contributed by atoms with van der Waals surface area (Å²) >= 11 is 1.38. The smallest absolute Gasteiger partial charge is 0.355 e. The van der Waals surface area contributed by atoms with Gasteiger partial charge in [0, 0.05) is 11.0 Å². The van der Waals surface area contributed by atoms with Crippen molar-refractivity contribution in [3.63, 3.8) is 0 Å². The Balaban J connectivity index is 2.73. The molecule has 0 saturated heterocycles. The number of carboxylic acids is 1. The molecule has 9 nitrogen and oxygen atoms in total. The second-order valence-corrected chi connectivity index (χ2v) is 6.78. The van der Waals surface area contributed by atoms with E-state index in [-0.39, 0.29) is 35.9 Å². The summed E-state index contributed by atoms with van der Waals surface area (Å²) < 4.78 is 20.3. The molecule has 1 aromatic carbocycles. The molecule has 1 aromatic rings. The first kappa shape index (κ1) is 21.6. The number of ether oxygens (including phenoxy) is 4. The Morgan fingerprint density at radius 1 is 1.18 bits per heavy atom. The van der Waals surface area contributed by atoms with Gasteiger partial charge >= 0.3 is 17.9 Å². The van der Waals surface area contributed by atoms with E-state index in [9.17, 15) is 19.5 Å². The largest absolute Gasteiger partial charge is 0.496 e. The van der Waals surface area contributed by atoms with E-state index in [1.165, 1.54) is 50.1 Å². The Kier molecular flexibility index (Phi) is 7.30. The van der Waals surface area contributed by atoms with E-state index in [1.807, 2.05) is 6.92 Å². The van der Waals surface area contributed by atoms with Crippen LogP contribution in [-0.2, 0) is 23.8 Å². The number of hydrogen-bond donors (Lipinski definition) is 1. The van der Waals surface area contributed by atoms with E-state index < -0.39 is 17.9 Å². The Morgan fingerprint density at radius 2 is 1.86 bits per heavy atom. The molecular weight excluding hydrogens is 390 g/mol. The van der Waals surface area contributed by atoms with Crippen molar-refractivity contribution < 1.29 is 38.4 Å². The molecule has 0 aromatic heterocycles. The number of esters is 2. The van der Waals surface area contributed by atoms with Crippen LogP contribution in [0.1, 0.15) is 17.3 Å². The van der Waals surface area contributed by atoms with Crippen LogP contribution in [0.2, 0.25) is 0 Å². The highest BCUT2D eigenvalue weighted by atomic mass is 32.2. The van der Waals surface area contributed by atoms with Gasteiger partial charge in [0.15, 0.2) is 0 Å². The van der Waals surface area contributed by atoms with Crippen LogP contribution in [0.5, 0.6) is 5.75 Å². The zero-order valence-electron chi connectivity index (χ0n) is 15.9. The number of carboxylic acid groups (broad SMARTS) is 1. The fourth-order valence-corrected chi connectivity index (χ4v) is 3.53. The Morgan fingerprint density at radius 3 is 2.39 bits per heavy atom. The van der Waals surface area contributed by atoms with Gasteiger partial charge in [-0.05, 0) is 11.8 Å². The van der Waals surface area contributed by atoms with Gasteiger partial charge in [0.2, 0.25) is 0 Å². The van der Waals surface area contributed by atoms with Crippen LogP contribution in [0, 0.1) is 0 Å². The number of methoxy groups -OCH3 is 3. The summed E-state index contributed by atoms with van der Waals surface area (Å²) in [4.78, 5) is 38.2. The van der Waals surface area contributed by atoms with Gasteiger partial charge in [-0.2, -0.15) is 0 Å². The monoisotopic (exact) mass is 411 g/mol. The third-order valence-electron chi connectivity index (χ3n) is 3.94. The zero-order valence-corrected chi connectivity index (χ0v) is 16.8. The maximum absolute atomic E-state index is 12.5. The van der Waals surface area contributed by atoms with Gasteiger partial charge in [-0.25, -0.2) is 14.4 Å². The van der Waals surface area contributed by atoms with Crippen LogP contribution < -0.4 is 9.64 Å². The molecule has 0 atom stereocenters. The molecule has 1 heterocycles. The maximum Gasteiger partial charge on any atom is 0.355 e. The van der Waals surface area contributed by atoms with Gasteiger partial charge in [-0.1, -0.05) is 6.92 Å². The minimum absolute atomic E-state index is 0.00864. The molecule has 1 aliphatic heterocycles. The van der Waals surface area contributed by atoms with Gasteiger partial charge in [-0.3, -0.25) is 0 Å². The fraction of sp³-hybridized carbons (Fsp3) is 0.389. The number of thioether (sulfide) groups is 1. The normalized spacial score (nSPS) is 13.9. The molecule has 0 bridgehead atoms. The van der Waals surface area contributed by atoms with E-state index >= 15 is 0 Å². The summed E-state index contributed by atoms with van der Waals surface area (Å²) in [6.45, 7) is 1.74. The first-order chi connectivity index (χ1) is 13.4. The number of aromatic carboxylic acids is 1. The average molecular weight is 411 g/mol. The molecule has 0 spiro atoms. The van der Waals surface area contributed by atoms with Gasteiger partial charge in [-0.15, -0.1) is 11.8 Å². The van der Waals surface area contributed by atoms with Crippen LogP contribution in [-0.4, -0.2) is 63.4 Å². The number of benzene rings is 1. The lowest BCUT2D eigenvalue weighted by molar-refractivity contribution is -0.140. The van der Waals surface area contributed by atoms with Crippen LogP contribution in [0.25, 0.3) is 0 Å². The highest BCUT2D eigenvalue weighted by molar-refractivity contribution is 7.99. The summed E-state index contributed by atoms with van der Waals surface area (Å²) in [7, 11) is 3.75. The molecule has 1 aliphatic rings. The standard InChI is InChI=1S/C18H21NO8S/c1-5-28-14-6-10(16(20)21)13(24-2)7-12(14)19-9-27-8-11(17(22)25-3)15(19)18(23)26-4/h6-7H,5,8-9H2,1-4H3,(H,20,21). The lowest BCUT2D eigenvalue weighted by atomic mass is 10.1. The van der Waals surface area contributed by atoms with E-state index in [2.05, 4.69) is 0 Å². The predicted molar refractivity (Wildman–Crippen MR) is 101 cm³/mol. The third-order valence-corrected chi connectivity index (χ3v) is 4.86. The molecule has 1 N–H and O–H groups in total. The van der Waals surface area contributed by atoms with Crippen LogP contribution >= 0.6 is 11.8 Å². The highest BCUT2D eigenvalue weighted by Gasteiger charge is 2.34. The predicted octanol–water partition coefficient (Wildman–Crippen LogP) is 1.90. The topological polar surface area (TPSA) is 112 Å². The van der Waals surface area contributed by atoms with Crippen molar-refractivity contribution in [1.82, 2.24) is 0 Å². The number of nitrogens with zero attached hydrogens (tertiary/aromatic N) is 1. The van der Waals surface area contributed by atoms with Crippen LogP contribution in [0.4, 0.5) is 5.69 Å². The SMILES string of the molecule is CCSc1cc(C(=O)O)c(OC)cc1N1COCC(C(=O)OC)=C1C(=O)OC. The molecule has 0 unspecified atom stereocenters. The minimum atomic E-state index is -1.14. The molecule has 10 heteroatoms. The highest BCUT2D eigenvalue weighted by Crippen LogP contribution is 2.39. The van der Waals surface area contributed by atoms with Crippen molar-refractivity contribution in [2.45, 2.75) is 11.8 Å². The molecular formula is C18H21NO8S. The van der Waals surface area contributed by atoms with Crippen LogP contribution in [0.3, 0.4) is 0 Å². The molecule has 0 aliphatic carbocycles. The Bertz CT molecular complexity index is 820. The number of anilines is 1. The number of carbonyl (C=O) groups is 3.